The standard InChI is InChI=1S/C24H39N3/c1-18(2)16-20-10-9-11-21(17-19(3)4)24(20)26-23-13-8-7-12-22(23)25-14-15-27(5)6/h9-11,13,18-19,26H,7-8,12,14-17H2,1-6H3. The number of nitrogens with one attached hydrogen (secondary N) is 1. The highest BCUT2D eigenvalue weighted by Gasteiger charge is 2.17. The van der Waals surface area contributed by atoms with Gasteiger partial charge in [0, 0.05) is 12.2 Å². The summed E-state index contributed by atoms with van der Waals surface area (Å²) in [5.74, 6) is 1.29. The summed E-state index contributed by atoms with van der Waals surface area (Å²) in [5, 5.41) is 3.83. The first-order chi connectivity index (χ1) is 12.9. The number of anilines is 1. The highest BCUT2D eigenvalue weighted by atomic mass is 15.1. The molecule has 0 amide bonds. The summed E-state index contributed by atoms with van der Waals surface area (Å²) in [6.45, 7) is 11.1. The van der Waals surface area contributed by atoms with E-state index in [0.29, 0.717) is 11.8 Å². The Bertz CT molecular complexity index is 625. The van der Waals surface area contributed by atoms with Crippen LogP contribution >= 0.6 is 0 Å². The maximum Gasteiger partial charge on any atom is 0.0580 e. The van der Waals surface area contributed by atoms with Crippen LogP contribution in [0.3, 0.4) is 0 Å². The summed E-state index contributed by atoms with van der Waals surface area (Å²) in [4.78, 5) is 7.12. The Labute approximate surface area is 167 Å². The summed E-state index contributed by atoms with van der Waals surface area (Å²) in [7, 11) is 4.22. The van der Waals surface area contributed by atoms with Crippen molar-refractivity contribution in [2.75, 3.05) is 32.5 Å². The fourth-order valence-electron chi connectivity index (χ4n) is 3.61. The van der Waals surface area contributed by atoms with Crippen molar-refractivity contribution in [3.63, 3.8) is 0 Å². The van der Waals surface area contributed by atoms with E-state index in [1.165, 1.54) is 34.6 Å². The van der Waals surface area contributed by atoms with E-state index in [0.717, 1.165) is 38.8 Å². The number of allylic oxidation sites excluding steroid dienone is 2. The van der Waals surface area contributed by atoms with Gasteiger partial charge in [-0.15, -0.1) is 0 Å². The topological polar surface area (TPSA) is 27.6 Å². The minimum absolute atomic E-state index is 0.647. The molecule has 1 aromatic carbocycles. The zero-order valence-electron chi connectivity index (χ0n) is 18.3. The number of nitrogens with zero attached hydrogens (tertiary/aromatic N) is 2. The fourth-order valence-corrected chi connectivity index (χ4v) is 3.61. The van der Waals surface area contributed by atoms with E-state index in [1.807, 2.05) is 0 Å². The Kier molecular flexibility index (Phi) is 8.56. The molecule has 0 spiro atoms. The highest BCUT2D eigenvalue weighted by molar-refractivity contribution is 6.03. The third-order valence-electron chi connectivity index (χ3n) is 4.88. The van der Waals surface area contributed by atoms with Crippen LogP contribution in [0.25, 0.3) is 0 Å². The third kappa shape index (κ3) is 7.14. The second kappa shape index (κ2) is 10.7. The number of aliphatic imine (C=N–C) groups is 1. The molecule has 1 aliphatic rings. The molecular formula is C24H39N3. The van der Waals surface area contributed by atoms with Crippen LogP contribution in [0, 0.1) is 11.8 Å². The van der Waals surface area contributed by atoms with Crippen LogP contribution in [-0.4, -0.2) is 37.8 Å². The van der Waals surface area contributed by atoms with E-state index in [1.54, 1.807) is 0 Å². The lowest BCUT2D eigenvalue weighted by Gasteiger charge is -2.23. The number of hydrogen-bond acceptors (Lipinski definition) is 3. The van der Waals surface area contributed by atoms with Crippen molar-refractivity contribution in [1.29, 1.82) is 0 Å². The maximum atomic E-state index is 4.93. The van der Waals surface area contributed by atoms with Gasteiger partial charge in [-0.25, -0.2) is 0 Å². The van der Waals surface area contributed by atoms with Crippen molar-refractivity contribution in [2.45, 2.75) is 59.8 Å². The van der Waals surface area contributed by atoms with E-state index in [4.69, 9.17) is 4.99 Å². The lowest BCUT2D eigenvalue weighted by Crippen LogP contribution is -2.20. The van der Waals surface area contributed by atoms with Crippen LogP contribution in [-0.2, 0) is 12.8 Å². The van der Waals surface area contributed by atoms with Gasteiger partial charge in [0.25, 0.3) is 0 Å². The van der Waals surface area contributed by atoms with Crippen molar-refractivity contribution >= 4 is 11.4 Å². The Morgan fingerprint density at radius 2 is 1.67 bits per heavy atom. The zero-order valence-corrected chi connectivity index (χ0v) is 18.3. The number of rotatable bonds is 9. The van der Waals surface area contributed by atoms with Gasteiger partial charge >= 0.3 is 0 Å². The van der Waals surface area contributed by atoms with Gasteiger partial charge in [-0.2, -0.15) is 0 Å². The van der Waals surface area contributed by atoms with Crippen LogP contribution in [0.15, 0.2) is 35.0 Å². The Morgan fingerprint density at radius 1 is 1.04 bits per heavy atom. The normalized spacial score (nSPS) is 16.5. The molecule has 0 unspecified atom stereocenters. The average molecular weight is 370 g/mol. The van der Waals surface area contributed by atoms with Gasteiger partial charge in [-0.1, -0.05) is 52.0 Å². The van der Waals surface area contributed by atoms with E-state index in [9.17, 15) is 0 Å². The molecule has 0 heterocycles. The third-order valence-corrected chi connectivity index (χ3v) is 4.88. The van der Waals surface area contributed by atoms with E-state index < -0.39 is 0 Å². The molecule has 150 valence electrons. The monoisotopic (exact) mass is 369 g/mol. The quantitative estimate of drug-likeness (QED) is 0.616. The predicted octanol–water partition coefficient (Wildman–Crippen LogP) is 5.57. The van der Waals surface area contributed by atoms with Crippen LogP contribution in [0.4, 0.5) is 5.69 Å². The largest absolute Gasteiger partial charge is 0.354 e. The Morgan fingerprint density at radius 3 is 2.22 bits per heavy atom. The first-order valence-corrected chi connectivity index (χ1v) is 10.6. The number of likely N-dealkylation sites (N-methyl/N-ethyl adjacent to an activating group) is 1. The second-order valence-electron chi connectivity index (χ2n) is 8.91. The number of benzene rings is 1. The van der Waals surface area contributed by atoms with Gasteiger partial charge in [0.15, 0.2) is 0 Å². The summed E-state index contributed by atoms with van der Waals surface area (Å²) in [6.07, 6.45) is 7.99. The van der Waals surface area contributed by atoms with Crippen LogP contribution in [0.1, 0.15) is 58.1 Å². The van der Waals surface area contributed by atoms with Gasteiger partial charge in [0.05, 0.1) is 18.0 Å². The van der Waals surface area contributed by atoms with Gasteiger partial charge in [-0.3, -0.25) is 4.99 Å². The van der Waals surface area contributed by atoms with E-state index in [2.05, 4.69) is 76.3 Å². The van der Waals surface area contributed by atoms with E-state index in [-0.39, 0.29) is 0 Å². The highest BCUT2D eigenvalue weighted by Crippen LogP contribution is 2.29. The molecule has 0 aliphatic heterocycles. The lowest BCUT2D eigenvalue weighted by molar-refractivity contribution is 0.420. The first-order valence-electron chi connectivity index (χ1n) is 10.6. The molecule has 1 aliphatic carbocycles. The SMILES string of the molecule is CC(C)Cc1cccc(CC(C)C)c1NC1=CCCCC1=NCCN(C)C. The lowest BCUT2D eigenvalue weighted by atomic mass is 9.93. The minimum atomic E-state index is 0.647. The molecule has 2 rings (SSSR count). The van der Waals surface area contributed by atoms with Crippen LogP contribution in [0.2, 0.25) is 0 Å². The first kappa shape index (κ1) is 21.7. The summed E-state index contributed by atoms with van der Waals surface area (Å²) in [6, 6.07) is 6.80. The molecule has 0 fully saturated rings. The van der Waals surface area contributed by atoms with Crippen LogP contribution < -0.4 is 5.32 Å². The van der Waals surface area contributed by atoms with Crippen LogP contribution in [0.5, 0.6) is 0 Å². The van der Waals surface area contributed by atoms with Crippen molar-refractivity contribution in [3.05, 3.63) is 41.1 Å². The van der Waals surface area contributed by atoms with Crippen molar-refractivity contribution in [2.24, 2.45) is 16.8 Å². The fraction of sp³-hybridized carbons (Fsp3) is 0.625. The zero-order chi connectivity index (χ0) is 19.8. The minimum Gasteiger partial charge on any atom is -0.354 e. The molecule has 3 nitrogen and oxygen atoms in total. The Hall–Kier alpha value is -1.61. The van der Waals surface area contributed by atoms with Crippen molar-refractivity contribution < 1.29 is 0 Å². The average Bonchev–Trinajstić information content (AvgIpc) is 2.57. The molecular weight excluding hydrogens is 330 g/mol. The smallest absolute Gasteiger partial charge is 0.0580 e. The Balaban J connectivity index is 2.30. The van der Waals surface area contributed by atoms with Gasteiger partial charge < -0.3 is 10.2 Å². The molecule has 0 bridgehead atoms. The molecule has 0 saturated carbocycles. The van der Waals surface area contributed by atoms with Gasteiger partial charge in [0.2, 0.25) is 0 Å². The maximum absolute atomic E-state index is 4.93. The molecule has 0 aromatic heterocycles. The van der Waals surface area contributed by atoms with Crippen molar-refractivity contribution in [1.82, 2.24) is 4.90 Å². The summed E-state index contributed by atoms with van der Waals surface area (Å²) < 4.78 is 0. The number of para-hydroxylation sites is 1. The molecule has 0 radical (unpaired) electrons. The van der Waals surface area contributed by atoms with E-state index >= 15 is 0 Å². The number of hydrogen-bond donors (Lipinski definition) is 1. The predicted molar refractivity (Wildman–Crippen MR) is 120 cm³/mol. The molecule has 0 saturated heterocycles. The molecule has 3 heteroatoms. The molecule has 0 atom stereocenters. The molecule has 27 heavy (non-hydrogen) atoms. The van der Waals surface area contributed by atoms with Crippen molar-refractivity contribution in [3.8, 4) is 0 Å². The molecule has 1 aromatic rings. The second-order valence-corrected chi connectivity index (χ2v) is 8.91. The van der Waals surface area contributed by atoms with Gasteiger partial charge in [-0.05, 0) is 69.2 Å². The summed E-state index contributed by atoms with van der Waals surface area (Å²) >= 11 is 0. The summed E-state index contributed by atoms with van der Waals surface area (Å²) in [5.41, 5.74) is 6.68. The van der Waals surface area contributed by atoms with Gasteiger partial charge in [0.1, 0.15) is 0 Å². The molecule has 1 N–H and O–H groups in total.